The van der Waals surface area contributed by atoms with Crippen molar-refractivity contribution in [1.29, 1.82) is 0 Å². The second-order valence-electron chi connectivity index (χ2n) is 4.74. The van der Waals surface area contributed by atoms with Crippen molar-refractivity contribution in [2.45, 2.75) is 26.2 Å². The van der Waals surface area contributed by atoms with E-state index in [9.17, 15) is 0 Å². The van der Waals surface area contributed by atoms with Crippen molar-refractivity contribution >= 4 is 17.2 Å². The predicted molar refractivity (Wildman–Crippen MR) is 68.5 cm³/mol. The fourth-order valence-electron chi connectivity index (χ4n) is 1.31. The highest BCUT2D eigenvalue weighted by Crippen LogP contribution is 2.28. The van der Waals surface area contributed by atoms with Crippen LogP contribution in [0.2, 0.25) is 0 Å². The number of hydrogen-bond donors (Lipinski definition) is 1. The van der Waals surface area contributed by atoms with E-state index in [1.54, 1.807) is 17.4 Å². The minimum atomic E-state index is 0.0784. The van der Waals surface area contributed by atoms with Crippen LogP contribution in [0, 0.1) is 0 Å². The monoisotopic (exact) mass is 233 g/mol. The standard InChI is InChI=1S/C12H15N3S/c1-12(2,3)9-7-16-11(15-9)8-5-4-6-10(13)14-8/h4-7H,1-3H3,(H2,13,14). The van der Waals surface area contributed by atoms with E-state index >= 15 is 0 Å². The molecule has 2 rings (SSSR count). The van der Waals surface area contributed by atoms with Crippen molar-refractivity contribution in [1.82, 2.24) is 9.97 Å². The number of nitrogen functional groups attached to an aromatic ring is 1. The van der Waals surface area contributed by atoms with Crippen LogP contribution < -0.4 is 5.73 Å². The zero-order valence-electron chi connectivity index (χ0n) is 9.69. The van der Waals surface area contributed by atoms with Gasteiger partial charge in [0.15, 0.2) is 0 Å². The first-order chi connectivity index (χ1) is 7.47. The number of pyridine rings is 1. The molecule has 0 unspecified atom stereocenters. The number of nitrogens with zero attached hydrogens (tertiary/aromatic N) is 2. The summed E-state index contributed by atoms with van der Waals surface area (Å²) >= 11 is 1.61. The van der Waals surface area contributed by atoms with Crippen molar-refractivity contribution in [3.8, 4) is 10.7 Å². The average molecular weight is 233 g/mol. The largest absolute Gasteiger partial charge is 0.384 e. The van der Waals surface area contributed by atoms with Crippen LogP contribution in [0.25, 0.3) is 10.7 Å². The van der Waals surface area contributed by atoms with Crippen molar-refractivity contribution in [3.63, 3.8) is 0 Å². The molecule has 84 valence electrons. The second kappa shape index (κ2) is 3.87. The summed E-state index contributed by atoms with van der Waals surface area (Å²) in [4.78, 5) is 8.86. The summed E-state index contributed by atoms with van der Waals surface area (Å²) in [5.41, 5.74) is 7.67. The third kappa shape index (κ3) is 2.22. The van der Waals surface area contributed by atoms with Crippen LogP contribution in [0.15, 0.2) is 23.6 Å². The van der Waals surface area contributed by atoms with Gasteiger partial charge in [0.25, 0.3) is 0 Å². The first-order valence-electron chi connectivity index (χ1n) is 5.16. The van der Waals surface area contributed by atoms with E-state index in [1.165, 1.54) is 0 Å². The lowest BCUT2D eigenvalue weighted by molar-refractivity contribution is 0.573. The van der Waals surface area contributed by atoms with Gasteiger partial charge in [-0.1, -0.05) is 26.8 Å². The molecule has 0 fully saturated rings. The van der Waals surface area contributed by atoms with Crippen molar-refractivity contribution in [2.75, 3.05) is 5.73 Å². The van der Waals surface area contributed by atoms with Crippen LogP contribution in [0.5, 0.6) is 0 Å². The van der Waals surface area contributed by atoms with E-state index in [1.807, 2.05) is 12.1 Å². The van der Waals surface area contributed by atoms with Gasteiger partial charge in [-0.2, -0.15) is 0 Å². The Morgan fingerprint density at radius 3 is 2.50 bits per heavy atom. The molecule has 0 atom stereocenters. The molecule has 16 heavy (non-hydrogen) atoms. The summed E-state index contributed by atoms with van der Waals surface area (Å²) in [6, 6.07) is 5.61. The Kier molecular flexibility index (Phi) is 2.68. The molecule has 0 saturated heterocycles. The molecular formula is C12H15N3S. The zero-order valence-corrected chi connectivity index (χ0v) is 10.5. The van der Waals surface area contributed by atoms with E-state index in [4.69, 9.17) is 5.73 Å². The van der Waals surface area contributed by atoms with Gasteiger partial charge in [0.2, 0.25) is 0 Å². The molecule has 0 aliphatic rings. The molecule has 0 aromatic carbocycles. The highest BCUT2D eigenvalue weighted by molar-refractivity contribution is 7.13. The summed E-state index contributed by atoms with van der Waals surface area (Å²) < 4.78 is 0. The minimum Gasteiger partial charge on any atom is -0.384 e. The highest BCUT2D eigenvalue weighted by atomic mass is 32.1. The molecule has 0 bridgehead atoms. The molecule has 2 N–H and O–H groups in total. The Labute approximate surface area is 99.4 Å². The summed E-state index contributed by atoms with van der Waals surface area (Å²) in [6.45, 7) is 6.45. The van der Waals surface area contributed by atoms with Crippen LogP contribution in [-0.4, -0.2) is 9.97 Å². The van der Waals surface area contributed by atoms with E-state index in [2.05, 4.69) is 36.1 Å². The Morgan fingerprint density at radius 2 is 1.94 bits per heavy atom. The maximum Gasteiger partial charge on any atom is 0.142 e. The van der Waals surface area contributed by atoms with E-state index in [-0.39, 0.29) is 5.41 Å². The molecule has 0 saturated carbocycles. The van der Waals surface area contributed by atoms with Crippen LogP contribution in [0.1, 0.15) is 26.5 Å². The molecule has 2 aromatic rings. The number of thiazole rings is 1. The van der Waals surface area contributed by atoms with Gasteiger partial charge in [0.05, 0.1) is 5.69 Å². The number of aromatic nitrogens is 2. The van der Waals surface area contributed by atoms with Gasteiger partial charge in [0.1, 0.15) is 16.5 Å². The normalized spacial score (nSPS) is 11.7. The van der Waals surface area contributed by atoms with Crippen LogP contribution in [-0.2, 0) is 5.41 Å². The lowest BCUT2D eigenvalue weighted by Gasteiger charge is -2.14. The molecule has 0 spiro atoms. The first-order valence-corrected chi connectivity index (χ1v) is 6.04. The smallest absolute Gasteiger partial charge is 0.142 e. The Balaban J connectivity index is 2.39. The Hall–Kier alpha value is -1.42. The van der Waals surface area contributed by atoms with Crippen molar-refractivity contribution < 1.29 is 0 Å². The third-order valence-electron chi connectivity index (χ3n) is 2.26. The van der Waals surface area contributed by atoms with Crippen molar-refractivity contribution in [3.05, 3.63) is 29.3 Å². The lowest BCUT2D eigenvalue weighted by atomic mass is 9.93. The Bertz CT molecular complexity index is 497. The molecule has 4 heteroatoms. The molecule has 0 amide bonds. The predicted octanol–water partition coefficient (Wildman–Crippen LogP) is 3.08. The number of rotatable bonds is 1. The molecule has 2 aromatic heterocycles. The summed E-state index contributed by atoms with van der Waals surface area (Å²) in [5.74, 6) is 0.532. The topological polar surface area (TPSA) is 51.8 Å². The Morgan fingerprint density at radius 1 is 1.19 bits per heavy atom. The van der Waals surface area contributed by atoms with Crippen LogP contribution in [0.4, 0.5) is 5.82 Å². The van der Waals surface area contributed by atoms with Gasteiger partial charge in [-0.3, -0.25) is 0 Å². The number of hydrogen-bond acceptors (Lipinski definition) is 4. The first kappa shape index (κ1) is 11.1. The zero-order chi connectivity index (χ0) is 11.8. The SMILES string of the molecule is CC(C)(C)c1csc(-c2cccc(N)n2)n1. The molecular weight excluding hydrogens is 218 g/mol. The minimum absolute atomic E-state index is 0.0784. The quantitative estimate of drug-likeness (QED) is 0.823. The van der Waals surface area contributed by atoms with Crippen LogP contribution >= 0.6 is 11.3 Å². The van der Waals surface area contributed by atoms with Gasteiger partial charge < -0.3 is 5.73 Å². The van der Waals surface area contributed by atoms with Gasteiger partial charge in [-0.05, 0) is 12.1 Å². The van der Waals surface area contributed by atoms with Gasteiger partial charge in [-0.25, -0.2) is 9.97 Å². The van der Waals surface area contributed by atoms with Crippen molar-refractivity contribution in [2.24, 2.45) is 0 Å². The maximum atomic E-state index is 5.65. The average Bonchev–Trinajstić information content (AvgIpc) is 2.65. The second-order valence-corrected chi connectivity index (χ2v) is 5.59. The third-order valence-corrected chi connectivity index (χ3v) is 3.13. The summed E-state index contributed by atoms with van der Waals surface area (Å²) in [6.07, 6.45) is 0. The molecule has 2 heterocycles. The summed E-state index contributed by atoms with van der Waals surface area (Å²) in [7, 11) is 0. The molecule has 0 aliphatic carbocycles. The fraction of sp³-hybridized carbons (Fsp3) is 0.333. The lowest BCUT2D eigenvalue weighted by Crippen LogP contribution is -2.11. The number of anilines is 1. The van der Waals surface area contributed by atoms with Gasteiger partial charge in [-0.15, -0.1) is 11.3 Å². The van der Waals surface area contributed by atoms with Crippen LogP contribution in [0.3, 0.4) is 0 Å². The van der Waals surface area contributed by atoms with Gasteiger partial charge in [0, 0.05) is 10.8 Å². The molecule has 0 aliphatic heterocycles. The van der Waals surface area contributed by atoms with E-state index < -0.39 is 0 Å². The number of nitrogens with two attached hydrogens (primary N) is 1. The van der Waals surface area contributed by atoms with E-state index in [0.717, 1.165) is 16.4 Å². The summed E-state index contributed by atoms with van der Waals surface area (Å²) in [5, 5.41) is 3.01. The molecule has 0 radical (unpaired) electrons. The molecule has 3 nitrogen and oxygen atoms in total. The fourth-order valence-corrected chi connectivity index (χ4v) is 2.32. The highest BCUT2D eigenvalue weighted by Gasteiger charge is 2.18. The van der Waals surface area contributed by atoms with E-state index in [0.29, 0.717) is 5.82 Å². The van der Waals surface area contributed by atoms with Gasteiger partial charge >= 0.3 is 0 Å². The maximum absolute atomic E-state index is 5.65.